The molecule has 0 spiro atoms. The Morgan fingerprint density at radius 2 is 1.70 bits per heavy atom. The van der Waals surface area contributed by atoms with E-state index in [2.05, 4.69) is 0 Å². The second kappa shape index (κ2) is 5.13. The van der Waals surface area contributed by atoms with Crippen LogP contribution in [0.5, 0.6) is 0 Å². The molecule has 4 atom stereocenters. The van der Waals surface area contributed by atoms with Crippen molar-refractivity contribution in [1.82, 2.24) is 9.80 Å². The summed E-state index contributed by atoms with van der Waals surface area (Å²) in [5, 5.41) is 0. The van der Waals surface area contributed by atoms with E-state index in [9.17, 15) is 14.4 Å². The van der Waals surface area contributed by atoms with Crippen molar-refractivity contribution in [2.45, 2.75) is 25.6 Å². The van der Waals surface area contributed by atoms with Crippen LogP contribution in [-0.2, 0) is 20.9 Å². The molecule has 4 rings (SSSR count). The fraction of sp³-hybridized carbons (Fsp3) is 0.389. The largest absolute Gasteiger partial charge is 0.293 e. The number of imide groups is 1. The van der Waals surface area contributed by atoms with Gasteiger partial charge in [0.25, 0.3) is 0 Å². The molecule has 2 fully saturated rings. The molecule has 5 heteroatoms. The van der Waals surface area contributed by atoms with Gasteiger partial charge in [-0.2, -0.15) is 0 Å². The molecule has 1 unspecified atom stereocenters. The number of carbonyl (C=O) groups is 3. The van der Waals surface area contributed by atoms with Crippen LogP contribution >= 0.6 is 0 Å². The minimum atomic E-state index is -0.529. The van der Waals surface area contributed by atoms with Gasteiger partial charge in [0.05, 0.1) is 17.9 Å². The summed E-state index contributed by atoms with van der Waals surface area (Å²) in [6, 6.07) is 9.17. The second-order valence-electron chi connectivity index (χ2n) is 6.33. The Morgan fingerprint density at radius 1 is 1.00 bits per heavy atom. The Hall–Kier alpha value is -2.27. The summed E-state index contributed by atoms with van der Waals surface area (Å²) in [6.07, 6.45) is 3.35. The van der Waals surface area contributed by atoms with Crippen LogP contribution in [-0.4, -0.2) is 46.0 Å². The number of rotatable bonds is 3. The van der Waals surface area contributed by atoms with Gasteiger partial charge in [0.15, 0.2) is 5.78 Å². The monoisotopic (exact) mass is 310 g/mol. The summed E-state index contributed by atoms with van der Waals surface area (Å²) >= 11 is 0. The van der Waals surface area contributed by atoms with E-state index >= 15 is 0 Å². The van der Waals surface area contributed by atoms with Crippen molar-refractivity contribution in [3.05, 3.63) is 48.0 Å². The minimum Gasteiger partial charge on any atom is -0.293 e. The first kappa shape index (κ1) is 14.3. The minimum absolute atomic E-state index is 0.0659. The zero-order valence-corrected chi connectivity index (χ0v) is 12.9. The summed E-state index contributed by atoms with van der Waals surface area (Å²) < 4.78 is 0. The Labute approximate surface area is 134 Å². The van der Waals surface area contributed by atoms with E-state index < -0.39 is 17.9 Å². The lowest BCUT2D eigenvalue weighted by Gasteiger charge is -2.33. The number of hydrogen-bond acceptors (Lipinski definition) is 4. The number of fused-ring (bicyclic) bond motifs is 5. The van der Waals surface area contributed by atoms with E-state index in [0.29, 0.717) is 13.1 Å². The SMILES string of the molecule is CCN1C(=O)C2[C@H]3C(=O)C=C[C@@H]([C@H]2C1=O)N3Cc1ccccc1. The van der Waals surface area contributed by atoms with Crippen LogP contribution in [0.4, 0.5) is 0 Å². The van der Waals surface area contributed by atoms with Crippen LogP contribution in [0.3, 0.4) is 0 Å². The third kappa shape index (κ3) is 1.93. The highest BCUT2D eigenvalue weighted by Gasteiger charge is 2.63. The maximum atomic E-state index is 12.6. The van der Waals surface area contributed by atoms with Crippen LogP contribution in [0, 0.1) is 11.8 Å². The topological polar surface area (TPSA) is 57.7 Å². The molecule has 0 N–H and O–H groups in total. The first-order chi connectivity index (χ1) is 11.1. The van der Waals surface area contributed by atoms with Crippen molar-refractivity contribution in [3.8, 4) is 0 Å². The molecule has 5 nitrogen and oxygen atoms in total. The van der Waals surface area contributed by atoms with Crippen molar-refractivity contribution >= 4 is 17.6 Å². The average molecular weight is 310 g/mol. The zero-order valence-electron chi connectivity index (χ0n) is 12.9. The van der Waals surface area contributed by atoms with E-state index in [-0.39, 0.29) is 23.6 Å². The third-order valence-electron chi connectivity index (χ3n) is 5.21. The highest BCUT2D eigenvalue weighted by Crippen LogP contribution is 2.45. The van der Waals surface area contributed by atoms with Crippen LogP contribution in [0.15, 0.2) is 42.5 Å². The molecular weight excluding hydrogens is 292 g/mol. The Balaban J connectivity index is 1.72. The molecule has 3 aliphatic rings. The number of amides is 2. The molecule has 0 aromatic heterocycles. The molecule has 118 valence electrons. The lowest BCUT2D eigenvalue weighted by molar-refractivity contribution is -0.142. The van der Waals surface area contributed by atoms with E-state index in [1.165, 1.54) is 4.90 Å². The van der Waals surface area contributed by atoms with Crippen molar-refractivity contribution in [3.63, 3.8) is 0 Å². The second-order valence-corrected chi connectivity index (χ2v) is 6.33. The number of carbonyl (C=O) groups excluding carboxylic acids is 3. The molecule has 1 aromatic rings. The molecule has 3 aliphatic heterocycles. The molecule has 2 saturated heterocycles. The van der Waals surface area contributed by atoms with Gasteiger partial charge in [0.1, 0.15) is 0 Å². The summed E-state index contributed by atoms with van der Waals surface area (Å²) in [7, 11) is 0. The zero-order chi connectivity index (χ0) is 16.1. The van der Waals surface area contributed by atoms with Gasteiger partial charge in [-0.05, 0) is 18.6 Å². The van der Waals surface area contributed by atoms with Gasteiger partial charge in [0.2, 0.25) is 11.8 Å². The van der Waals surface area contributed by atoms with Crippen molar-refractivity contribution in [1.29, 1.82) is 0 Å². The lowest BCUT2D eigenvalue weighted by atomic mass is 9.90. The number of ketones is 1. The number of hydrogen-bond donors (Lipinski definition) is 0. The molecule has 23 heavy (non-hydrogen) atoms. The first-order valence-corrected chi connectivity index (χ1v) is 8.00. The summed E-state index contributed by atoms with van der Waals surface area (Å²) in [5.41, 5.74) is 1.08. The van der Waals surface area contributed by atoms with Crippen LogP contribution < -0.4 is 0 Å². The standard InChI is InChI=1S/C18H18N2O3/c1-2-19-17(22)14-12-8-9-13(21)16(15(14)18(19)23)20(12)10-11-6-4-3-5-7-11/h3-9,12,14-16H,2,10H2,1H3/t12-,14+,15?,16+/m0/s1. The highest BCUT2D eigenvalue weighted by molar-refractivity contribution is 6.11. The summed E-state index contributed by atoms with van der Waals surface area (Å²) in [4.78, 5) is 41.0. The Morgan fingerprint density at radius 3 is 2.39 bits per heavy atom. The summed E-state index contributed by atoms with van der Waals surface area (Å²) in [6.45, 7) is 2.75. The Kier molecular flexibility index (Phi) is 3.20. The van der Waals surface area contributed by atoms with Gasteiger partial charge in [-0.1, -0.05) is 36.4 Å². The molecule has 0 aliphatic carbocycles. The summed E-state index contributed by atoms with van der Waals surface area (Å²) in [5.74, 6) is -1.33. The Bertz CT molecular complexity index is 712. The van der Waals surface area contributed by atoms with Crippen molar-refractivity contribution in [2.24, 2.45) is 11.8 Å². The normalized spacial score (nSPS) is 32.7. The maximum Gasteiger partial charge on any atom is 0.235 e. The van der Waals surface area contributed by atoms with Gasteiger partial charge in [-0.25, -0.2) is 0 Å². The van der Waals surface area contributed by atoms with Crippen molar-refractivity contribution < 1.29 is 14.4 Å². The predicted molar refractivity (Wildman–Crippen MR) is 83.1 cm³/mol. The maximum absolute atomic E-state index is 12.6. The third-order valence-corrected chi connectivity index (χ3v) is 5.21. The van der Waals surface area contributed by atoms with Gasteiger partial charge in [-0.3, -0.25) is 24.2 Å². The molecule has 3 heterocycles. The number of likely N-dealkylation sites (tertiary alicyclic amines) is 1. The quantitative estimate of drug-likeness (QED) is 0.782. The van der Waals surface area contributed by atoms with Crippen LogP contribution in [0.2, 0.25) is 0 Å². The van der Waals surface area contributed by atoms with Gasteiger partial charge >= 0.3 is 0 Å². The number of benzene rings is 1. The molecular formula is C18H18N2O3. The average Bonchev–Trinajstić information content (AvgIpc) is 2.93. The lowest BCUT2D eigenvalue weighted by Crippen LogP contribution is -2.48. The van der Waals surface area contributed by atoms with Crippen LogP contribution in [0.25, 0.3) is 0 Å². The van der Waals surface area contributed by atoms with Gasteiger partial charge in [-0.15, -0.1) is 0 Å². The molecule has 0 radical (unpaired) electrons. The van der Waals surface area contributed by atoms with Gasteiger partial charge < -0.3 is 0 Å². The van der Waals surface area contributed by atoms with Crippen LogP contribution in [0.1, 0.15) is 12.5 Å². The molecule has 0 saturated carbocycles. The molecule has 1 aromatic carbocycles. The van der Waals surface area contributed by atoms with Gasteiger partial charge in [0, 0.05) is 19.1 Å². The molecule has 2 amide bonds. The highest BCUT2D eigenvalue weighted by atomic mass is 16.2. The fourth-order valence-corrected chi connectivity index (χ4v) is 4.24. The van der Waals surface area contributed by atoms with E-state index in [1.807, 2.05) is 35.2 Å². The van der Waals surface area contributed by atoms with Crippen molar-refractivity contribution in [2.75, 3.05) is 6.54 Å². The first-order valence-electron chi connectivity index (χ1n) is 8.00. The van der Waals surface area contributed by atoms with E-state index in [4.69, 9.17) is 0 Å². The molecule has 2 bridgehead atoms. The predicted octanol–water partition coefficient (Wildman–Crippen LogP) is 0.999. The smallest absolute Gasteiger partial charge is 0.235 e. The van der Waals surface area contributed by atoms with E-state index in [1.54, 1.807) is 19.1 Å². The van der Waals surface area contributed by atoms with E-state index in [0.717, 1.165) is 5.56 Å². The number of nitrogens with zero attached hydrogens (tertiary/aromatic N) is 2. The fourth-order valence-electron chi connectivity index (χ4n) is 4.24.